The maximum atomic E-state index is 16.7. The number of fused-ring (bicyclic) bond motifs is 2. The number of hydrogen-bond donors (Lipinski definition) is 0. The molecule has 2 heterocycles. The fraction of sp³-hybridized carbons (Fsp3) is 0.267. The zero-order valence-corrected chi connectivity index (χ0v) is 67.7. The van der Waals surface area contributed by atoms with Gasteiger partial charge >= 0.3 is 47.8 Å². The predicted molar refractivity (Wildman–Crippen MR) is 434 cm³/mol. The lowest BCUT2D eigenvalue weighted by atomic mass is 9.80. The molecule has 2 aliphatic rings. The van der Waals surface area contributed by atoms with Crippen molar-refractivity contribution in [2.45, 2.75) is 67.5 Å². The standard InChI is InChI=1S/C90H84N4O26/c1-45(2)75(81(99)91(29-33-113-83(101)47(5)6)30-34-114-84(102)48(7)8)93-77(95)59-41-63(117-55-25-17-21-51(37-55)87(105)109-13)69-71-65(119-57-27-19-23-53(39-57)89(107)111-15)43-61-68-62(80(98)94(79(61)97)76(46(3)4)82(100)92(31-35-115-85(103)49(9)10)32-36-116-86(104)50(11)12)44-66(120-58-28-20-24-54(40-58)90(108)112-16)72(74(68)71)70-64(42-60(78(93)96)67(59)73(69)70)118-56-26-18-22-52(38-56)88(106)110-14/h17-28,37-46,75-76H,5,7,9,11,29-36H2,1-4,6,8,10,12-16H3. The fourth-order valence-corrected chi connectivity index (χ4v) is 14.0. The predicted octanol–water partition coefficient (Wildman–Crippen LogP) is 13.4. The summed E-state index contributed by atoms with van der Waals surface area (Å²) in [5.41, 5.74) is -1.47. The maximum Gasteiger partial charge on any atom is 0.337 e. The van der Waals surface area contributed by atoms with Crippen LogP contribution < -0.4 is 18.9 Å². The third-order valence-corrected chi connectivity index (χ3v) is 19.6. The van der Waals surface area contributed by atoms with E-state index in [1.165, 1.54) is 149 Å². The molecule has 0 saturated heterocycles. The SMILES string of the molecule is C=C(C)C(=O)OCCN(CCOC(=O)C(=C)C)C(=O)C(C(C)C)N1C(=O)c2cc(Oc3cccc(C(=O)OC)c3)c3c4c(Oc5cccc(C(=O)OC)c5)cc5c6c(cc(Oc7cccc(C(=O)OC)c7)c(c7c(Oc8cccc(C(=O)OC)c8)cc(c2c37)C1=O)c64)C(=O)N(C(C(=O)N(CCOC(=O)C(=C)C)CCOC(=O)C(=C)C)C(C)C)C5=O. The summed E-state index contributed by atoms with van der Waals surface area (Å²) in [7, 11) is 4.61. The molecule has 0 radical (unpaired) electrons. The Morgan fingerprint density at radius 3 is 0.733 bits per heavy atom. The summed E-state index contributed by atoms with van der Waals surface area (Å²) in [6.45, 7) is 23.1. The zero-order chi connectivity index (χ0) is 87.2. The highest BCUT2D eigenvalue weighted by Crippen LogP contribution is 2.58. The monoisotopic (exact) mass is 1640 g/mol. The lowest BCUT2D eigenvalue weighted by Crippen LogP contribution is -2.57. The van der Waals surface area contributed by atoms with E-state index in [-0.39, 0.29) is 182 Å². The van der Waals surface area contributed by atoms with Crippen LogP contribution in [0.4, 0.5) is 0 Å². The van der Waals surface area contributed by atoms with Crippen molar-refractivity contribution >= 4 is 126 Å². The number of esters is 8. The number of nitrogens with zero attached hydrogens (tertiary/aromatic N) is 4. The number of benzene rings is 9. The van der Waals surface area contributed by atoms with Crippen LogP contribution in [-0.4, -0.2) is 196 Å². The lowest BCUT2D eigenvalue weighted by Gasteiger charge is -2.39. The van der Waals surface area contributed by atoms with Gasteiger partial charge in [-0.05, 0) is 137 Å². The van der Waals surface area contributed by atoms with E-state index in [0.29, 0.717) is 0 Å². The molecule has 2 unspecified atom stereocenters. The maximum absolute atomic E-state index is 16.7. The first-order valence-corrected chi connectivity index (χ1v) is 37.6. The Bertz CT molecular complexity index is 5190. The van der Waals surface area contributed by atoms with Crippen molar-refractivity contribution in [3.63, 3.8) is 0 Å². The van der Waals surface area contributed by atoms with Gasteiger partial charge in [0.05, 0.1) is 99.1 Å². The van der Waals surface area contributed by atoms with Gasteiger partial charge in [-0.25, -0.2) is 38.4 Å². The second-order valence-corrected chi connectivity index (χ2v) is 28.8. The largest absolute Gasteiger partial charge is 0.465 e. The highest BCUT2D eigenvalue weighted by Gasteiger charge is 2.49. The van der Waals surface area contributed by atoms with E-state index in [1.54, 1.807) is 27.7 Å². The number of amides is 6. The van der Waals surface area contributed by atoms with Gasteiger partial charge in [-0.3, -0.25) is 38.6 Å². The molecule has 2 aliphatic heterocycles. The normalized spacial score (nSPS) is 12.7. The molecule has 9 aromatic rings. The van der Waals surface area contributed by atoms with Gasteiger partial charge in [-0.15, -0.1) is 0 Å². The third-order valence-electron chi connectivity index (χ3n) is 19.6. The highest BCUT2D eigenvalue weighted by molar-refractivity contribution is 6.45. The van der Waals surface area contributed by atoms with E-state index >= 15 is 28.8 Å². The van der Waals surface area contributed by atoms with Gasteiger partial charge in [0.15, 0.2) is 0 Å². The molecule has 0 bridgehead atoms. The number of rotatable bonds is 34. The van der Waals surface area contributed by atoms with E-state index in [0.717, 1.165) is 48.0 Å². The summed E-state index contributed by atoms with van der Waals surface area (Å²) in [6.07, 6.45) is 0. The van der Waals surface area contributed by atoms with Gasteiger partial charge in [0.25, 0.3) is 23.6 Å². The summed E-state index contributed by atoms with van der Waals surface area (Å²) in [5.74, 6) is -16.5. The number of carbonyl (C=O) groups excluding carboxylic acids is 14. The second-order valence-electron chi connectivity index (χ2n) is 28.8. The molecule has 0 N–H and O–H groups in total. The van der Waals surface area contributed by atoms with E-state index in [9.17, 15) is 38.4 Å². The minimum atomic E-state index is -1.77. The number of methoxy groups -OCH3 is 4. The van der Waals surface area contributed by atoms with Crippen LogP contribution in [0.15, 0.2) is 170 Å². The second kappa shape index (κ2) is 36.3. The van der Waals surface area contributed by atoms with Crippen LogP contribution in [0.2, 0.25) is 0 Å². The van der Waals surface area contributed by atoms with E-state index in [4.69, 9.17) is 56.8 Å². The summed E-state index contributed by atoms with van der Waals surface area (Å²) in [5, 5.41) is -1.13. The van der Waals surface area contributed by atoms with Crippen LogP contribution in [0.25, 0.3) is 43.1 Å². The molecule has 6 amide bonds. The Hall–Kier alpha value is -14.6. The van der Waals surface area contributed by atoms with Crippen molar-refractivity contribution in [1.82, 2.24) is 19.6 Å². The van der Waals surface area contributed by atoms with Crippen molar-refractivity contribution in [3.05, 3.63) is 214 Å². The van der Waals surface area contributed by atoms with Crippen molar-refractivity contribution in [2.24, 2.45) is 11.8 Å². The molecule has 11 rings (SSSR count). The first kappa shape index (κ1) is 86.3. The molecule has 30 nitrogen and oxygen atoms in total. The smallest absolute Gasteiger partial charge is 0.337 e. The molecule has 0 saturated carbocycles. The minimum absolute atomic E-state index is 0.0294. The van der Waals surface area contributed by atoms with Gasteiger partial charge in [-0.1, -0.05) is 78.3 Å². The number of imide groups is 2. The first-order valence-electron chi connectivity index (χ1n) is 37.6. The molecule has 9 aromatic carbocycles. The average Bonchev–Trinajstić information content (AvgIpc) is 0.669. The van der Waals surface area contributed by atoms with Crippen LogP contribution >= 0.6 is 0 Å². The molecule has 2 atom stereocenters. The molecular weight excluding hydrogens is 1550 g/mol. The van der Waals surface area contributed by atoms with Crippen LogP contribution in [0.1, 0.15) is 138 Å². The van der Waals surface area contributed by atoms with Crippen molar-refractivity contribution in [2.75, 3.05) is 81.0 Å². The van der Waals surface area contributed by atoms with Crippen molar-refractivity contribution in [1.29, 1.82) is 0 Å². The van der Waals surface area contributed by atoms with E-state index in [2.05, 4.69) is 26.3 Å². The molecule has 620 valence electrons. The molecular formula is C90H84N4O26. The van der Waals surface area contributed by atoms with Gasteiger partial charge < -0.3 is 66.6 Å². The van der Waals surface area contributed by atoms with Crippen LogP contribution in [0, 0.1) is 11.8 Å². The Labute approximate surface area is 687 Å². The van der Waals surface area contributed by atoms with E-state index in [1.807, 2.05) is 0 Å². The van der Waals surface area contributed by atoms with Crippen LogP contribution in [0.5, 0.6) is 46.0 Å². The van der Waals surface area contributed by atoms with Gasteiger partial charge in [-0.2, -0.15) is 0 Å². The number of hydrogen-bond acceptors (Lipinski definition) is 26. The van der Waals surface area contributed by atoms with Gasteiger partial charge in [0.1, 0.15) is 84.5 Å². The average molecular weight is 1640 g/mol. The summed E-state index contributed by atoms with van der Waals surface area (Å²) in [4.78, 5) is 208. The van der Waals surface area contributed by atoms with Crippen LogP contribution in [-0.2, 0) is 66.7 Å². The molecule has 0 aromatic heterocycles. The highest BCUT2D eigenvalue weighted by atomic mass is 16.6. The molecule has 30 heteroatoms. The summed E-state index contributed by atoms with van der Waals surface area (Å²) < 4.78 is 70.8. The molecule has 0 spiro atoms. The van der Waals surface area contributed by atoms with Gasteiger partial charge in [0.2, 0.25) is 11.8 Å². The quantitative estimate of drug-likeness (QED) is 0.00902. The fourth-order valence-electron chi connectivity index (χ4n) is 14.0. The number of ether oxygens (including phenoxy) is 12. The lowest BCUT2D eigenvalue weighted by molar-refractivity contribution is -0.146. The number of carbonyl (C=O) groups is 14. The molecule has 0 aliphatic carbocycles. The minimum Gasteiger partial charge on any atom is -0.465 e. The Morgan fingerprint density at radius 2 is 0.542 bits per heavy atom. The van der Waals surface area contributed by atoms with E-state index < -0.39 is 134 Å². The molecule has 120 heavy (non-hydrogen) atoms. The Morgan fingerprint density at radius 1 is 0.325 bits per heavy atom. The third kappa shape index (κ3) is 17.4. The Kier molecular flexibility index (Phi) is 26.1. The summed E-state index contributed by atoms with van der Waals surface area (Å²) >= 11 is 0. The van der Waals surface area contributed by atoms with Crippen molar-refractivity contribution in [3.8, 4) is 46.0 Å². The van der Waals surface area contributed by atoms with Gasteiger partial charge in [0, 0.05) is 65.4 Å². The van der Waals surface area contributed by atoms with Crippen molar-refractivity contribution < 1.29 is 124 Å². The zero-order valence-electron chi connectivity index (χ0n) is 67.7. The summed E-state index contributed by atoms with van der Waals surface area (Å²) in [6, 6.07) is 24.2. The first-order chi connectivity index (χ1) is 57.1. The van der Waals surface area contributed by atoms with Crippen LogP contribution in [0.3, 0.4) is 0 Å². The molecule has 0 fully saturated rings. The topological polar surface area (TPSA) is 363 Å². The Balaban J connectivity index is 1.32.